The summed E-state index contributed by atoms with van der Waals surface area (Å²) >= 11 is 4.03. The Morgan fingerprint density at radius 1 is 0.556 bits per heavy atom. The maximum Gasteiger partial charge on any atom is 0.135 e. The molecular formula is C32H46O2S2. The van der Waals surface area contributed by atoms with Gasteiger partial charge in [-0.3, -0.25) is 0 Å². The van der Waals surface area contributed by atoms with Crippen molar-refractivity contribution in [1.82, 2.24) is 0 Å². The molecule has 0 aliphatic rings. The molecule has 3 aromatic carbocycles. The van der Waals surface area contributed by atoms with Crippen molar-refractivity contribution in [3.05, 3.63) is 48.0 Å². The molecule has 0 fully saturated rings. The summed E-state index contributed by atoms with van der Waals surface area (Å²) in [4.78, 5) is 0. The summed E-state index contributed by atoms with van der Waals surface area (Å²) in [5.74, 6) is 6.54. The maximum atomic E-state index is 6.52. The molecule has 0 heterocycles. The smallest absolute Gasteiger partial charge is 0.135 e. The number of hydrogen-bond acceptors (Lipinski definition) is 4. The zero-order chi connectivity index (χ0) is 25.4. The quantitative estimate of drug-likeness (QED) is 0.114. The van der Waals surface area contributed by atoms with Crippen molar-refractivity contribution in [3.8, 4) is 11.5 Å². The van der Waals surface area contributed by atoms with Crippen LogP contribution in [0.25, 0.3) is 21.5 Å². The summed E-state index contributed by atoms with van der Waals surface area (Å²) in [5.41, 5.74) is 1.33. The van der Waals surface area contributed by atoms with Crippen LogP contribution in [0.3, 0.4) is 0 Å². The van der Waals surface area contributed by atoms with Crippen LogP contribution < -0.4 is 9.47 Å². The average Bonchev–Trinajstić information content (AvgIpc) is 2.91. The van der Waals surface area contributed by atoms with Crippen molar-refractivity contribution < 1.29 is 9.47 Å². The molecule has 3 rings (SSSR count). The summed E-state index contributed by atoms with van der Waals surface area (Å²) in [5, 5.41) is 4.67. The molecule has 0 unspecified atom stereocenters. The molecule has 0 saturated heterocycles. The van der Waals surface area contributed by atoms with Gasteiger partial charge in [0.2, 0.25) is 0 Å². The molecule has 2 nitrogen and oxygen atoms in total. The highest BCUT2D eigenvalue weighted by molar-refractivity contribution is 7.99. The van der Waals surface area contributed by atoms with Gasteiger partial charge in [-0.05, 0) is 42.4 Å². The fraction of sp³-hybridized carbons (Fsp3) is 0.562. The van der Waals surface area contributed by atoms with Crippen LogP contribution in [0.5, 0.6) is 11.5 Å². The Hall–Kier alpha value is -1.52. The highest BCUT2D eigenvalue weighted by Gasteiger charge is 2.16. The first-order chi connectivity index (χ1) is 17.8. The van der Waals surface area contributed by atoms with Crippen molar-refractivity contribution in [3.63, 3.8) is 0 Å². The van der Waals surface area contributed by atoms with E-state index in [1.807, 2.05) is 23.5 Å². The molecule has 198 valence electrons. The summed E-state index contributed by atoms with van der Waals surface area (Å²) in [6.45, 7) is 8.23. The average molecular weight is 527 g/mol. The van der Waals surface area contributed by atoms with E-state index in [1.54, 1.807) is 0 Å². The van der Waals surface area contributed by atoms with Crippen molar-refractivity contribution in [2.45, 2.75) is 78.6 Å². The van der Waals surface area contributed by atoms with E-state index in [1.165, 1.54) is 79.2 Å². The van der Waals surface area contributed by atoms with Crippen LogP contribution in [-0.4, -0.2) is 36.2 Å². The predicted molar refractivity (Wildman–Crippen MR) is 165 cm³/mol. The number of fused-ring (bicyclic) bond motifs is 2. The number of ether oxygens (including phenoxy) is 2. The monoisotopic (exact) mass is 526 g/mol. The largest absolute Gasteiger partial charge is 0.491 e. The topological polar surface area (TPSA) is 18.5 Å². The molecule has 4 heteroatoms. The van der Waals surface area contributed by atoms with E-state index in [0.29, 0.717) is 0 Å². The summed E-state index contributed by atoms with van der Waals surface area (Å²) in [6.07, 6.45) is 11.6. The van der Waals surface area contributed by atoms with Crippen LogP contribution in [0.2, 0.25) is 0 Å². The molecule has 0 aromatic heterocycles. The van der Waals surface area contributed by atoms with Crippen molar-refractivity contribution in [1.29, 1.82) is 0 Å². The Morgan fingerprint density at radius 3 is 1.61 bits per heavy atom. The predicted octanol–water partition coefficient (Wildman–Crippen LogP) is 9.94. The van der Waals surface area contributed by atoms with Crippen LogP contribution in [0.4, 0.5) is 0 Å². The number of benzene rings is 3. The second-order valence-electron chi connectivity index (χ2n) is 9.48. The van der Waals surface area contributed by atoms with Gasteiger partial charge in [0.1, 0.15) is 11.5 Å². The zero-order valence-electron chi connectivity index (χ0n) is 22.8. The molecule has 0 amide bonds. The van der Waals surface area contributed by atoms with E-state index < -0.39 is 0 Å². The summed E-state index contributed by atoms with van der Waals surface area (Å²) in [6, 6.07) is 15.4. The van der Waals surface area contributed by atoms with Gasteiger partial charge in [0.05, 0.1) is 13.2 Å². The van der Waals surface area contributed by atoms with E-state index in [-0.39, 0.29) is 0 Å². The standard InChI is InChI=1S/C32H46O2S2/c1-4-7-9-13-21-35-23-19-33-31-27-15-11-12-16-28(27)32(30-25-26(6-3)17-18-29(30)31)34-20-24-36-22-14-10-8-5-2/h11-12,15-18,25H,4-10,13-14,19-24H2,1-3H3. The maximum absolute atomic E-state index is 6.52. The third-order valence-corrected chi connectivity index (χ3v) is 8.70. The SMILES string of the molecule is CCCCCCSCCOc1c2ccccc2c(OCCSCCCCCC)c2cc(CC)ccc12. The number of rotatable bonds is 19. The van der Waals surface area contributed by atoms with Crippen LogP contribution >= 0.6 is 23.5 Å². The Balaban J connectivity index is 1.73. The number of thioether (sulfide) groups is 2. The van der Waals surface area contributed by atoms with Gasteiger partial charge in [0.25, 0.3) is 0 Å². The first-order valence-corrected chi connectivity index (χ1v) is 16.5. The fourth-order valence-corrected chi connectivity index (χ4v) is 6.18. The van der Waals surface area contributed by atoms with Crippen molar-refractivity contribution >= 4 is 45.1 Å². The molecule has 0 N–H and O–H groups in total. The van der Waals surface area contributed by atoms with E-state index in [2.05, 4.69) is 63.2 Å². The lowest BCUT2D eigenvalue weighted by atomic mass is 9.98. The molecule has 0 saturated carbocycles. The zero-order valence-corrected chi connectivity index (χ0v) is 24.4. The van der Waals surface area contributed by atoms with Crippen LogP contribution in [0.15, 0.2) is 42.5 Å². The number of aryl methyl sites for hydroxylation is 1. The number of hydrogen-bond donors (Lipinski definition) is 0. The van der Waals surface area contributed by atoms with Crippen molar-refractivity contribution in [2.75, 3.05) is 36.2 Å². The Morgan fingerprint density at radius 2 is 1.08 bits per heavy atom. The van der Waals surface area contributed by atoms with Gasteiger partial charge in [-0.1, -0.05) is 95.7 Å². The molecule has 0 radical (unpaired) electrons. The minimum absolute atomic E-state index is 0.738. The van der Waals surface area contributed by atoms with Gasteiger partial charge < -0.3 is 9.47 Å². The summed E-state index contributed by atoms with van der Waals surface area (Å²) in [7, 11) is 0. The molecule has 0 spiro atoms. The molecule has 0 aliphatic heterocycles. The van der Waals surface area contributed by atoms with Gasteiger partial charge in [-0.15, -0.1) is 0 Å². The molecular weight excluding hydrogens is 480 g/mol. The first kappa shape index (κ1) is 29.0. The second-order valence-corrected chi connectivity index (χ2v) is 11.9. The normalized spacial score (nSPS) is 11.4. The van der Waals surface area contributed by atoms with Crippen molar-refractivity contribution in [2.24, 2.45) is 0 Å². The minimum atomic E-state index is 0.738. The number of unbranched alkanes of at least 4 members (excludes halogenated alkanes) is 6. The van der Waals surface area contributed by atoms with E-state index in [4.69, 9.17) is 9.47 Å². The molecule has 0 atom stereocenters. The Labute approximate surface area is 228 Å². The summed E-state index contributed by atoms with van der Waals surface area (Å²) < 4.78 is 13.0. The molecule has 36 heavy (non-hydrogen) atoms. The molecule has 3 aromatic rings. The van der Waals surface area contributed by atoms with Crippen LogP contribution in [0.1, 0.15) is 77.7 Å². The van der Waals surface area contributed by atoms with Gasteiger partial charge >= 0.3 is 0 Å². The van der Waals surface area contributed by atoms with Gasteiger partial charge in [-0.25, -0.2) is 0 Å². The second kappa shape index (κ2) is 17.1. The highest BCUT2D eigenvalue weighted by atomic mass is 32.2. The lowest BCUT2D eigenvalue weighted by molar-refractivity contribution is 0.346. The van der Waals surface area contributed by atoms with E-state index >= 15 is 0 Å². The fourth-order valence-electron chi connectivity index (χ4n) is 4.55. The Kier molecular flexibility index (Phi) is 13.8. The molecule has 0 aliphatic carbocycles. The van der Waals surface area contributed by atoms with E-state index in [0.717, 1.165) is 53.4 Å². The van der Waals surface area contributed by atoms with Gasteiger partial charge in [0, 0.05) is 33.1 Å². The third kappa shape index (κ3) is 8.80. The van der Waals surface area contributed by atoms with E-state index in [9.17, 15) is 0 Å². The Bertz CT molecular complexity index is 1030. The highest BCUT2D eigenvalue weighted by Crippen LogP contribution is 2.43. The third-order valence-electron chi connectivity index (χ3n) is 6.63. The van der Waals surface area contributed by atoms with Crippen LogP contribution in [0, 0.1) is 0 Å². The first-order valence-electron chi connectivity index (χ1n) is 14.2. The van der Waals surface area contributed by atoms with Gasteiger partial charge in [0.15, 0.2) is 0 Å². The lowest BCUT2D eigenvalue weighted by Crippen LogP contribution is -2.05. The minimum Gasteiger partial charge on any atom is -0.491 e. The lowest BCUT2D eigenvalue weighted by Gasteiger charge is -2.18. The van der Waals surface area contributed by atoms with Gasteiger partial charge in [-0.2, -0.15) is 23.5 Å². The van der Waals surface area contributed by atoms with Crippen LogP contribution in [-0.2, 0) is 6.42 Å². The molecule has 0 bridgehead atoms.